The predicted octanol–water partition coefficient (Wildman–Crippen LogP) is 8.81. The Balaban J connectivity index is 1.40. The third kappa shape index (κ3) is 3.30. The van der Waals surface area contributed by atoms with E-state index in [0.29, 0.717) is 17.6 Å². The van der Waals surface area contributed by atoms with Crippen LogP contribution in [0.3, 0.4) is 0 Å². The van der Waals surface area contributed by atoms with Crippen molar-refractivity contribution in [1.29, 1.82) is 0 Å². The van der Waals surface area contributed by atoms with Crippen molar-refractivity contribution in [3.8, 4) is 28.7 Å². The number of thiazole rings is 1. The van der Waals surface area contributed by atoms with E-state index < -0.39 is 0 Å². The van der Waals surface area contributed by atoms with E-state index in [1.165, 1.54) is 0 Å². The van der Waals surface area contributed by atoms with Gasteiger partial charge in [-0.15, -0.1) is 11.3 Å². The van der Waals surface area contributed by atoms with Gasteiger partial charge in [-0.1, -0.05) is 72.8 Å². The van der Waals surface area contributed by atoms with Crippen molar-refractivity contribution in [2.45, 2.75) is 0 Å². The summed E-state index contributed by atoms with van der Waals surface area (Å²) in [6.07, 6.45) is 0. The molecule has 6 nitrogen and oxygen atoms in total. The summed E-state index contributed by atoms with van der Waals surface area (Å²) in [6.45, 7) is 0. The van der Waals surface area contributed by atoms with Crippen LogP contribution in [0.1, 0.15) is 0 Å². The van der Waals surface area contributed by atoms with E-state index in [9.17, 15) is 0 Å². The van der Waals surface area contributed by atoms with Crippen LogP contribution < -0.4 is 0 Å². The lowest BCUT2D eigenvalue weighted by Gasteiger charge is -2.11. The highest BCUT2D eigenvalue weighted by Crippen LogP contribution is 2.37. The van der Waals surface area contributed by atoms with E-state index in [1.807, 2.05) is 60.1 Å². The van der Waals surface area contributed by atoms with Crippen molar-refractivity contribution in [2.24, 2.45) is 0 Å². The molecule has 0 aliphatic carbocycles. The normalized spacial score (nSPS) is 11.9. The number of aromatic nitrogens is 5. The van der Waals surface area contributed by atoms with Crippen LogP contribution in [-0.4, -0.2) is 24.5 Å². The van der Waals surface area contributed by atoms with E-state index in [4.69, 9.17) is 19.4 Å². The molecular formula is C34H19N5OS. The summed E-state index contributed by atoms with van der Waals surface area (Å²) in [6, 6.07) is 37.0. The van der Waals surface area contributed by atoms with E-state index >= 15 is 0 Å². The standard InChI is InChI=1S/C34H19N5OS/c1-4-16-27-20(9-1)21-10-2-5-17-28(21)39(27)34-37-32(36-33(38-34)25-14-8-15-26-31(25)41-19-35-26)24-13-7-12-23-22-11-3-6-18-29(22)40-30(23)24/h1-19H. The van der Waals surface area contributed by atoms with Gasteiger partial charge in [0.05, 0.1) is 32.3 Å². The SMILES string of the molecule is c1cc(-c2nc(-c3cccc4c3oc3ccccc34)nc(-n3c4ccccc4c4ccccc43)n2)c2scnc2c1. The van der Waals surface area contributed by atoms with Gasteiger partial charge in [-0.05, 0) is 36.4 Å². The van der Waals surface area contributed by atoms with Gasteiger partial charge in [-0.3, -0.25) is 4.57 Å². The first kappa shape index (κ1) is 22.4. The number of nitrogens with zero attached hydrogens (tertiary/aromatic N) is 5. The summed E-state index contributed by atoms with van der Waals surface area (Å²) in [5, 5.41) is 4.39. The number of hydrogen-bond acceptors (Lipinski definition) is 6. The molecule has 4 aromatic heterocycles. The zero-order valence-corrected chi connectivity index (χ0v) is 22.3. The van der Waals surface area contributed by atoms with E-state index in [-0.39, 0.29) is 0 Å². The minimum absolute atomic E-state index is 0.553. The van der Waals surface area contributed by atoms with Crippen molar-refractivity contribution in [3.05, 3.63) is 115 Å². The topological polar surface area (TPSA) is 69.6 Å². The Morgan fingerprint density at radius 1 is 0.561 bits per heavy atom. The van der Waals surface area contributed by atoms with Crippen molar-refractivity contribution in [3.63, 3.8) is 0 Å². The Hall–Kier alpha value is -5.40. The molecule has 0 atom stereocenters. The predicted molar refractivity (Wildman–Crippen MR) is 165 cm³/mol. The smallest absolute Gasteiger partial charge is 0.238 e. The number of fused-ring (bicyclic) bond motifs is 7. The number of rotatable bonds is 3. The Bertz CT molecular complexity index is 2400. The lowest BCUT2D eigenvalue weighted by molar-refractivity contribution is 0.669. The molecule has 0 bridgehead atoms. The van der Waals surface area contributed by atoms with Gasteiger partial charge in [0.15, 0.2) is 11.6 Å². The molecule has 41 heavy (non-hydrogen) atoms. The zero-order chi connectivity index (χ0) is 26.9. The largest absolute Gasteiger partial charge is 0.455 e. The highest BCUT2D eigenvalue weighted by molar-refractivity contribution is 7.17. The Morgan fingerprint density at radius 3 is 2.00 bits per heavy atom. The van der Waals surface area contributed by atoms with Crippen LogP contribution in [0.2, 0.25) is 0 Å². The van der Waals surface area contributed by atoms with Gasteiger partial charge in [0, 0.05) is 27.1 Å². The lowest BCUT2D eigenvalue weighted by Crippen LogP contribution is -2.06. The van der Waals surface area contributed by atoms with Crippen molar-refractivity contribution >= 4 is 65.3 Å². The van der Waals surface area contributed by atoms with Crippen molar-refractivity contribution < 1.29 is 4.42 Å². The number of para-hydroxylation sites is 4. The lowest BCUT2D eigenvalue weighted by atomic mass is 10.1. The average Bonchev–Trinajstić information content (AvgIpc) is 3.74. The maximum atomic E-state index is 6.40. The molecule has 0 saturated heterocycles. The first-order valence-electron chi connectivity index (χ1n) is 13.3. The number of hydrogen-bond donors (Lipinski definition) is 0. The molecule has 0 radical (unpaired) electrons. The van der Waals surface area contributed by atoms with Crippen LogP contribution in [0.25, 0.3) is 82.7 Å². The first-order chi connectivity index (χ1) is 20.3. The summed E-state index contributed by atoms with van der Waals surface area (Å²) in [4.78, 5) is 19.9. The van der Waals surface area contributed by atoms with Gasteiger partial charge in [0.2, 0.25) is 5.95 Å². The first-order valence-corrected chi connectivity index (χ1v) is 14.2. The Labute approximate surface area is 237 Å². The zero-order valence-electron chi connectivity index (χ0n) is 21.5. The van der Waals surface area contributed by atoms with Gasteiger partial charge < -0.3 is 4.42 Å². The molecule has 9 aromatic rings. The highest BCUT2D eigenvalue weighted by atomic mass is 32.1. The molecule has 0 unspecified atom stereocenters. The Morgan fingerprint density at radius 2 is 1.20 bits per heavy atom. The van der Waals surface area contributed by atoms with Crippen LogP contribution in [0.5, 0.6) is 0 Å². The molecular weight excluding hydrogens is 526 g/mol. The maximum absolute atomic E-state index is 6.40. The minimum atomic E-state index is 0.553. The van der Waals surface area contributed by atoms with Crippen LogP contribution in [0.15, 0.2) is 119 Å². The van der Waals surface area contributed by atoms with E-state index in [0.717, 1.165) is 65.1 Å². The second-order valence-electron chi connectivity index (χ2n) is 9.94. The van der Waals surface area contributed by atoms with Crippen LogP contribution >= 0.6 is 11.3 Å². The summed E-state index contributed by atoms with van der Waals surface area (Å²) < 4.78 is 9.57. The monoisotopic (exact) mass is 545 g/mol. The third-order valence-electron chi connectivity index (χ3n) is 7.65. The van der Waals surface area contributed by atoms with E-state index in [1.54, 1.807) is 11.3 Å². The van der Waals surface area contributed by atoms with Crippen LogP contribution in [0.4, 0.5) is 0 Å². The second kappa shape index (κ2) is 8.55. The molecule has 0 saturated carbocycles. The maximum Gasteiger partial charge on any atom is 0.238 e. The molecule has 0 aliphatic heterocycles. The molecule has 0 fully saturated rings. The van der Waals surface area contributed by atoms with Gasteiger partial charge in [0.1, 0.15) is 11.2 Å². The molecule has 5 aromatic carbocycles. The summed E-state index contributed by atoms with van der Waals surface area (Å²) in [5.41, 5.74) is 8.19. The summed E-state index contributed by atoms with van der Waals surface area (Å²) in [7, 11) is 0. The second-order valence-corrected chi connectivity index (χ2v) is 10.8. The Kier molecular flexibility index (Phi) is 4.67. The third-order valence-corrected chi connectivity index (χ3v) is 8.52. The molecule has 9 rings (SSSR count). The molecule has 0 N–H and O–H groups in total. The van der Waals surface area contributed by atoms with Crippen molar-refractivity contribution in [1.82, 2.24) is 24.5 Å². The summed E-state index contributed by atoms with van der Waals surface area (Å²) in [5.74, 6) is 1.70. The summed E-state index contributed by atoms with van der Waals surface area (Å²) >= 11 is 1.59. The quantitative estimate of drug-likeness (QED) is 0.222. The molecule has 4 heterocycles. The van der Waals surface area contributed by atoms with Gasteiger partial charge in [-0.2, -0.15) is 9.97 Å². The highest BCUT2D eigenvalue weighted by Gasteiger charge is 2.21. The molecule has 7 heteroatoms. The fraction of sp³-hybridized carbons (Fsp3) is 0. The van der Waals surface area contributed by atoms with Gasteiger partial charge in [-0.25, -0.2) is 9.97 Å². The fourth-order valence-electron chi connectivity index (χ4n) is 5.83. The van der Waals surface area contributed by atoms with Gasteiger partial charge >= 0.3 is 0 Å². The number of benzene rings is 5. The van der Waals surface area contributed by atoms with E-state index in [2.05, 4.69) is 64.1 Å². The molecule has 0 aliphatic rings. The van der Waals surface area contributed by atoms with Gasteiger partial charge in [0.25, 0.3) is 0 Å². The average molecular weight is 546 g/mol. The van der Waals surface area contributed by atoms with Crippen LogP contribution in [-0.2, 0) is 0 Å². The number of furan rings is 1. The molecule has 192 valence electrons. The van der Waals surface area contributed by atoms with Crippen molar-refractivity contribution in [2.75, 3.05) is 0 Å². The minimum Gasteiger partial charge on any atom is -0.455 e. The molecule has 0 amide bonds. The van der Waals surface area contributed by atoms with Crippen LogP contribution in [0, 0.1) is 0 Å². The molecule has 0 spiro atoms. The fourth-order valence-corrected chi connectivity index (χ4v) is 6.63.